The molecule has 0 bridgehead atoms. The summed E-state index contributed by atoms with van der Waals surface area (Å²) in [5.41, 5.74) is 0.842. The Hall–Kier alpha value is -2.11. The summed E-state index contributed by atoms with van der Waals surface area (Å²) in [6.45, 7) is 1.36. The van der Waals surface area contributed by atoms with Crippen LogP contribution in [0.2, 0.25) is 5.02 Å². The Bertz CT molecular complexity index is 658. The van der Waals surface area contributed by atoms with Crippen LogP contribution in [0.25, 0.3) is 0 Å². The quantitative estimate of drug-likeness (QED) is 0.686. The highest BCUT2D eigenvalue weighted by atomic mass is 35.5. The SMILES string of the molecule is Cc1cccc(Oc2c(Cl)cccc2CO)c1[N+](=O)[O-]. The van der Waals surface area contributed by atoms with Gasteiger partial charge in [0, 0.05) is 11.1 Å². The molecule has 1 N–H and O–H groups in total. The van der Waals surface area contributed by atoms with Gasteiger partial charge in [-0.1, -0.05) is 35.9 Å². The predicted octanol–water partition coefficient (Wildman–Crippen LogP) is 3.84. The van der Waals surface area contributed by atoms with Crippen LogP contribution in [0.3, 0.4) is 0 Å². The van der Waals surface area contributed by atoms with E-state index in [0.717, 1.165) is 0 Å². The number of benzene rings is 2. The van der Waals surface area contributed by atoms with E-state index in [9.17, 15) is 15.2 Å². The van der Waals surface area contributed by atoms with Crippen molar-refractivity contribution in [1.29, 1.82) is 0 Å². The Kier molecular flexibility index (Phi) is 4.22. The molecule has 0 aliphatic rings. The normalized spacial score (nSPS) is 10.3. The molecule has 0 heterocycles. The molecule has 0 saturated heterocycles. The molecule has 0 atom stereocenters. The van der Waals surface area contributed by atoms with Crippen LogP contribution in [0, 0.1) is 17.0 Å². The summed E-state index contributed by atoms with van der Waals surface area (Å²) in [5, 5.41) is 20.7. The lowest BCUT2D eigenvalue weighted by Crippen LogP contribution is -1.98. The van der Waals surface area contributed by atoms with Crippen LogP contribution in [0.15, 0.2) is 36.4 Å². The molecule has 5 nitrogen and oxygen atoms in total. The average molecular weight is 294 g/mol. The molecule has 2 aromatic rings. The van der Waals surface area contributed by atoms with E-state index in [1.807, 2.05) is 0 Å². The number of aryl methyl sites for hydroxylation is 1. The summed E-state index contributed by atoms with van der Waals surface area (Å²) >= 11 is 6.02. The van der Waals surface area contributed by atoms with E-state index in [2.05, 4.69) is 0 Å². The topological polar surface area (TPSA) is 72.6 Å². The minimum Gasteiger partial charge on any atom is -0.448 e. The van der Waals surface area contributed by atoms with Crippen LogP contribution in [0.1, 0.15) is 11.1 Å². The van der Waals surface area contributed by atoms with Gasteiger partial charge in [0.15, 0.2) is 5.75 Å². The fraction of sp³-hybridized carbons (Fsp3) is 0.143. The Morgan fingerprint density at radius 2 is 2.00 bits per heavy atom. The van der Waals surface area contributed by atoms with Crippen molar-refractivity contribution in [2.24, 2.45) is 0 Å². The van der Waals surface area contributed by atoms with Crippen molar-refractivity contribution in [3.05, 3.63) is 62.7 Å². The Labute approximate surface area is 120 Å². The molecule has 0 aliphatic heterocycles. The molecule has 20 heavy (non-hydrogen) atoms. The van der Waals surface area contributed by atoms with Gasteiger partial charge < -0.3 is 9.84 Å². The first kappa shape index (κ1) is 14.3. The fourth-order valence-corrected chi connectivity index (χ4v) is 2.08. The zero-order valence-corrected chi connectivity index (χ0v) is 11.4. The summed E-state index contributed by atoms with van der Waals surface area (Å²) in [6, 6.07) is 9.69. The Morgan fingerprint density at radius 3 is 2.65 bits per heavy atom. The molecule has 0 fully saturated rings. The Balaban J connectivity index is 2.51. The third-order valence-corrected chi connectivity index (χ3v) is 3.11. The monoisotopic (exact) mass is 293 g/mol. The lowest BCUT2D eigenvalue weighted by atomic mass is 10.2. The summed E-state index contributed by atoms with van der Waals surface area (Å²) in [5.74, 6) is 0.322. The standard InChI is InChI=1S/C14H12ClNO4/c1-9-4-2-7-12(13(9)16(18)19)20-14-10(8-17)5-3-6-11(14)15/h2-7,17H,8H2,1H3. The first-order valence-electron chi connectivity index (χ1n) is 5.84. The average Bonchev–Trinajstić information content (AvgIpc) is 2.40. The number of nitro benzene ring substituents is 1. The van der Waals surface area contributed by atoms with E-state index in [1.54, 1.807) is 37.3 Å². The van der Waals surface area contributed by atoms with E-state index in [4.69, 9.17) is 16.3 Å². The van der Waals surface area contributed by atoms with Crippen molar-refractivity contribution < 1.29 is 14.8 Å². The van der Waals surface area contributed by atoms with Crippen molar-refractivity contribution in [1.82, 2.24) is 0 Å². The number of para-hydroxylation sites is 2. The first-order chi connectivity index (χ1) is 9.54. The second kappa shape index (κ2) is 5.90. The van der Waals surface area contributed by atoms with Crippen LogP contribution in [0.4, 0.5) is 5.69 Å². The van der Waals surface area contributed by atoms with Crippen LogP contribution >= 0.6 is 11.6 Å². The van der Waals surface area contributed by atoms with Gasteiger partial charge in [-0.2, -0.15) is 0 Å². The maximum absolute atomic E-state index is 11.1. The van der Waals surface area contributed by atoms with E-state index in [1.165, 1.54) is 6.07 Å². The second-order valence-electron chi connectivity index (χ2n) is 4.17. The van der Waals surface area contributed by atoms with E-state index in [-0.39, 0.29) is 28.8 Å². The highest BCUT2D eigenvalue weighted by Gasteiger charge is 2.20. The van der Waals surface area contributed by atoms with Crippen molar-refractivity contribution >= 4 is 17.3 Å². The smallest absolute Gasteiger partial charge is 0.314 e. The minimum absolute atomic E-state index is 0.0952. The second-order valence-corrected chi connectivity index (χ2v) is 4.57. The van der Waals surface area contributed by atoms with Crippen LogP contribution in [0.5, 0.6) is 11.5 Å². The number of hydrogen-bond acceptors (Lipinski definition) is 4. The summed E-state index contributed by atoms with van der Waals surface area (Å²) < 4.78 is 5.57. The number of aliphatic hydroxyl groups excluding tert-OH is 1. The number of nitro groups is 1. The number of aliphatic hydroxyl groups is 1. The van der Waals surface area contributed by atoms with Gasteiger partial charge >= 0.3 is 5.69 Å². The molecule has 6 heteroatoms. The largest absolute Gasteiger partial charge is 0.448 e. The highest BCUT2D eigenvalue weighted by molar-refractivity contribution is 6.32. The summed E-state index contributed by atoms with van der Waals surface area (Å²) in [7, 11) is 0. The first-order valence-corrected chi connectivity index (χ1v) is 6.22. The van der Waals surface area contributed by atoms with Crippen molar-refractivity contribution in [3.8, 4) is 11.5 Å². The fourth-order valence-electron chi connectivity index (χ4n) is 1.85. The van der Waals surface area contributed by atoms with Gasteiger partial charge in [0.1, 0.15) is 0 Å². The van der Waals surface area contributed by atoms with Gasteiger partial charge in [0.2, 0.25) is 5.75 Å². The van der Waals surface area contributed by atoms with E-state index >= 15 is 0 Å². The summed E-state index contributed by atoms with van der Waals surface area (Å²) in [4.78, 5) is 10.6. The summed E-state index contributed by atoms with van der Waals surface area (Å²) in [6.07, 6.45) is 0. The molecule has 0 amide bonds. The van der Waals surface area contributed by atoms with Crippen molar-refractivity contribution in [2.45, 2.75) is 13.5 Å². The molecule has 104 valence electrons. The van der Waals surface area contributed by atoms with Gasteiger partial charge in [-0.05, 0) is 19.1 Å². The number of hydrogen-bond donors (Lipinski definition) is 1. The van der Waals surface area contributed by atoms with Crippen molar-refractivity contribution in [3.63, 3.8) is 0 Å². The molecule has 0 aliphatic carbocycles. The molecule has 0 aromatic heterocycles. The van der Waals surface area contributed by atoms with Gasteiger partial charge in [-0.15, -0.1) is 0 Å². The Morgan fingerprint density at radius 1 is 1.30 bits per heavy atom. The van der Waals surface area contributed by atoms with Crippen LogP contribution in [-0.2, 0) is 6.61 Å². The van der Waals surface area contributed by atoms with Crippen molar-refractivity contribution in [2.75, 3.05) is 0 Å². The molecule has 0 saturated carbocycles. The number of halogens is 1. The van der Waals surface area contributed by atoms with Crippen LogP contribution < -0.4 is 4.74 Å². The van der Waals surface area contributed by atoms with Gasteiger partial charge in [-0.25, -0.2) is 0 Å². The maximum atomic E-state index is 11.1. The third-order valence-electron chi connectivity index (χ3n) is 2.81. The third kappa shape index (κ3) is 2.74. The molecule has 0 unspecified atom stereocenters. The minimum atomic E-state index is -0.500. The number of nitrogens with zero attached hydrogens (tertiary/aromatic N) is 1. The number of ether oxygens (including phenoxy) is 1. The lowest BCUT2D eigenvalue weighted by Gasteiger charge is -2.12. The maximum Gasteiger partial charge on any atom is 0.314 e. The van der Waals surface area contributed by atoms with Gasteiger partial charge in [0.25, 0.3) is 0 Å². The zero-order chi connectivity index (χ0) is 14.7. The van der Waals surface area contributed by atoms with Gasteiger partial charge in [-0.3, -0.25) is 10.1 Å². The molecule has 0 radical (unpaired) electrons. The molecule has 2 rings (SSSR count). The van der Waals surface area contributed by atoms with Crippen LogP contribution in [-0.4, -0.2) is 10.0 Å². The lowest BCUT2D eigenvalue weighted by molar-refractivity contribution is -0.386. The molecule has 0 spiro atoms. The highest BCUT2D eigenvalue weighted by Crippen LogP contribution is 2.38. The molecule has 2 aromatic carbocycles. The van der Waals surface area contributed by atoms with E-state index < -0.39 is 4.92 Å². The predicted molar refractivity (Wildman–Crippen MR) is 75.3 cm³/mol. The molecular formula is C14H12ClNO4. The van der Waals surface area contributed by atoms with E-state index in [0.29, 0.717) is 11.1 Å². The van der Waals surface area contributed by atoms with Gasteiger partial charge in [0.05, 0.1) is 16.6 Å². The number of rotatable bonds is 4. The molecular weight excluding hydrogens is 282 g/mol. The zero-order valence-electron chi connectivity index (χ0n) is 10.7.